The smallest absolute Gasteiger partial charge is 0.316 e. The van der Waals surface area contributed by atoms with Crippen molar-refractivity contribution in [1.29, 1.82) is 0 Å². The fourth-order valence-electron chi connectivity index (χ4n) is 5.33. The van der Waals surface area contributed by atoms with Gasteiger partial charge in [0.25, 0.3) is 0 Å². The Bertz CT molecular complexity index is 1690. The average molecular weight is 641 g/mol. The number of rotatable bonds is 16. The van der Waals surface area contributed by atoms with E-state index in [-0.39, 0.29) is 42.4 Å². The number of carbonyl (C=O) groups is 3. The van der Waals surface area contributed by atoms with Gasteiger partial charge in [0.2, 0.25) is 5.75 Å². The number of esters is 3. The first-order valence-corrected chi connectivity index (χ1v) is 16.2. The highest BCUT2D eigenvalue weighted by atomic mass is 16.6. The van der Waals surface area contributed by atoms with Gasteiger partial charge in [-0.1, -0.05) is 95.0 Å². The van der Waals surface area contributed by atoms with Crippen molar-refractivity contribution in [3.63, 3.8) is 0 Å². The van der Waals surface area contributed by atoms with Gasteiger partial charge >= 0.3 is 17.9 Å². The van der Waals surface area contributed by atoms with E-state index in [1.54, 1.807) is 42.5 Å². The summed E-state index contributed by atoms with van der Waals surface area (Å²) >= 11 is 0. The summed E-state index contributed by atoms with van der Waals surface area (Å²) in [6.07, 6.45) is 4.78. The Hall–Kier alpha value is -4.85. The Morgan fingerprint density at radius 1 is 0.617 bits per heavy atom. The van der Waals surface area contributed by atoms with Gasteiger partial charge in [-0.15, -0.1) is 0 Å². The standard InChI is InChI=1S/C39H44O8/c1-6-7-8-9-10-19-35(40)46-38-31-22-27(26(2)3)20-21-28(31)23-34(45-36(41)24-29-15-11-13-17-32(29)43-4)39(38)47-37(42)25-30-16-12-14-18-33(30)44-5/h11-18,20-23,26H,6-10,19,24-25H2,1-5H3. The van der Waals surface area contributed by atoms with Gasteiger partial charge in [0, 0.05) is 22.9 Å². The second-order valence-electron chi connectivity index (χ2n) is 11.7. The van der Waals surface area contributed by atoms with Crippen molar-refractivity contribution in [2.24, 2.45) is 0 Å². The molecule has 0 radical (unpaired) electrons. The summed E-state index contributed by atoms with van der Waals surface area (Å²) in [5.41, 5.74) is 2.25. The van der Waals surface area contributed by atoms with Gasteiger partial charge in [-0.3, -0.25) is 14.4 Å². The zero-order valence-electron chi connectivity index (χ0n) is 27.9. The highest BCUT2D eigenvalue weighted by Crippen LogP contribution is 2.45. The summed E-state index contributed by atoms with van der Waals surface area (Å²) in [6, 6.07) is 21.7. The largest absolute Gasteiger partial charge is 0.496 e. The van der Waals surface area contributed by atoms with Gasteiger partial charge in [0.05, 0.1) is 27.1 Å². The number of ether oxygens (including phenoxy) is 5. The Balaban J connectivity index is 1.77. The van der Waals surface area contributed by atoms with Crippen LogP contribution >= 0.6 is 0 Å². The van der Waals surface area contributed by atoms with Gasteiger partial charge in [0.1, 0.15) is 11.5 Å². The van der Waals surface area contributed by atoms with Crippen LogP contribution in [0.1, 0.15) is 81.9 Å². The molecule has 4 aromatic carbocycles. The quantitative estimate of drug-likeness (QED) is 0.0683. The minimum absolute atomic E-state index is 0.0335. The van der Waals surface area contributed by atoms with Crippen molar-refractivity contribution in [2.75, 3.05) is 14.2 Å². The molecule has 0 spiro atoms. The van der Waals surface area contributed by atoms with Crippen LogP contribution in [0.15, 0.2) is 72.8 Å². The second kappa shape index (κ2) is 17.2. The minimum Gasteiger partial charge on any atom is -0.496 e. The van der Waals surface area contributed by atoms with Crippen LogP contribution in [0.4, 0.5) is 0 Å². The zero-order valence-corrected chi connectivity index (χ0v) is 27.9. The maximum atomic E-state index is 13.5. The van der Waals surface area contributed by atoms with E-state index < -0.39 is 17.9 Å². The lowest BCUT2D eigenvalue weighted by molar-refractivity contribution is -0.137. The number of fused-ring (bicyclic) bond motifs is 1. The summed E-state index contributed by atoms with van der Waals surface area (Å²) in [5.74, 6) is -0.593. The predicted octanol–water partition coefficient (Wildman–Crippen LogP) is 8.54. The highest BCUT2D eigenvalue weighted by Gasteiger charge is 2.26. The van der Waals surface area contributed by atoms with E-state index in [1.807, 2.05) is 30.3 Å². The maximum Gasteiger partial charge on any atom is 0.316 e. The first-order chi connectivity index (χ1) is 22.7. The van der Waals surface area contributed by atoms with Crippen LogP contribution in [0.2, 0.25) is 0 Å². The van der Waals surface area contributed by atoms with E-state index in [1.165, 1.54) is 14.2 Å². The zero-order chi connectivity index (χ0) is 33.8. The number of hydrogen-bond acceptors (Lipinski definition) is 8. The molecule has 0 bridgehead atoms. The molecule has 0 heterocycles. The van der Waals surface area contributed by atoms with Crippen LogP contribution in [0.3, 0.4) is 0 Å². The van der Waals surface area contributed by atoms with Gasteiger partial charge in [-0.05, 0) is 47.6 Å². The number of methoxy groups -OCH3 is 2. The molecule has 4 aromatic rings. The van der Waals surface area contributed by atoms with Crippen LogP contribution in [0, 0.1) is 0 Å². The van der Waals surface area contributed by atoms with Gasteiger partial charge in [-0.2, -0.15) is 0 Å². The maximum absolute atomic E-state index is 13.5. The van der Waals surface area contributed by atoms with Crippen LogP contribution < -0.4 is 23.7 Å². The molecule has 4 rings (SSSR count). The molecule has 0 aliphatic carbocycles. The predicted molar refractivity (Wildman–Crippen MR) is 182 cm³/mol. The molecular formula is C39H44O8. The van der Waals surface area contributed by atoms with Crippen molar-refractivity contribution in [2.45, 2.75) is 78.1 Å². The second-order valence-corrected chi connectivity index (χ2v) is 11.7. The molecule has 0 atom stereocenters. The summed E-state index contributed by atoms with van der Waals surface area (Å²) in [7, 11) is 3.06. The summed E-state index contributed by atoms with van der Waals surface area (Å²) in [6.45, 7) is 6.26. The van der Waals surface area contributed by atoms with Crippen molar-refractivity contribution >= 4 is 28.7 Å². The molecule has 0 saturated carbocycles. The van der Waals surface area contributed by atoms with E-state index in [0.717, 1.165) is 31.2 Å². The van der Waals surface area contributed by atoms with E-state index in [2.05, 4.69) is 20.8 Å². The molecule has 0 unspecified atom stereocenters. The van der Waals surface area contributed by atoms with E-state index >= 15 is 0 Å². The van der Waals surface area contributed by atoms with Crippen molar-refractivity contribution in [3.05, 3.63) is 89.5 Å². The third-order valence-corrected chi connectivity index (χ3v) is 7.90. The third-order valence-electron chi connectivity index (χ3n) is 7.90. The third kappa shape index (κ3) is 9.58. The fraction of sp³-hybridized carbons (Fsp3) is 0.359. The van der Waals surface area contributed by atoms with Gasteiger partial charge in [0.15, 0.2) is 11.5 Å². The molecule has 0 saturated heterocycles. The number of para-hydroxylation sites is 2. The van der Waals surface area contributed by atoms with Crippen LogP contribution in [-0.2, 0) is 27.2 Å². The molecule has 0 amide bonds. The van der Waals surface area contributed by atoms with Crippen molar-refractivity contribution in [1.82, 2.24) is 0 Å². The molecule has 0 aliphatic heterocycles. The van der Waals surface area contributed by atoms with Crippen molar-refractivity contribution in [3.8, 4) is 28.7 Å². The minimum atomic E-state index is -0.646. The molecule has 47 heavy (non-hydrogen) atoms. The first-order valence-electron chi connectivity index (χ1n) is 16.2. The molecule has 248 valence electrons. The van der Waals surface area contributed by atoms with E-state index in [9.17, 15) is 14.4 Å². The lowest BCUT2D eigenvalue weighted by Crippen LogP contribution is -2.17. The molecule has 0 N–H and O–H groups in total. The van der Waals surface area contributed by atoms with E-state index in [0.29, 0.717) is 39.8 Å². The van der Waals surface area contributed by atoms with Gasteiger partial charge in [-0.25, -0.2) is 0 Å². The molecule has 8 nitrogen and oxygen atoms in total. The van der Waals surface area contributed by atoms with Gasteiger partial charge < -0.3 is 23.7 Å². The summed E-state index contributed by atoms with van der Waals surface area (Å²) < 4.78 is 28.7. The Morgan fingerprint density at radius 3 is 1.79 bits per heavy atom. The highest BCUT2D eigenvalue weighted by molar-refractivity contribution is 5.97. The summed E-state index contributed by atoms with van der Waals surface area (Å²) in [4.78, 5) is 40.1. The number of benzene rings is 4. The monoisotopic (exact) mass is 640 g/mol. The van der Waals surface area contributed by atoms with Crippen LogP contribution in [0.25, 0.3) is 10.8 Å². The Morgan fingerprint density at radius 2 is 1.19 bits per heavy atom. The van der Waals surface area contributed by atoms with Crippen LogP contribution in [0.5, 0.6) is 28.7 Å². The molecule has 0 aromatic heterocycles. The van der Waals surface area contributed by atoms with Crippen LogP contribution in [-0.4, -0.2) is 32.1 Å². The average Bonchev–Trinajstić information content (AvgIpc) is 3.06. The number of hydrogen-bond donors (Lipinski definition) is 0. The van der Waals surface area contributed by atoms with E-state index in [4.69, 9.17) is 23.7 Å². The topological polar surface area (TPSA) is 97.4 Å². The van der Waals surface area contributed by atoms with Crippen molar-refractivity contribution < 1.29 is 38.1 Å². The fourth-order valence-corrected chi connectivity index (χ4v) is 5.33. The molecular weight excluding hydrogens is 596 g/mol. The number of unbranched alkanes of at least 4 members (excludes halogenated alkanes) is 4. The Kier molecular flexibility index (Phi) is 12.8. The molecule has 8 heteroatoms. The SMILES string of the molecule is CCCCCCCC(=O)Oc1c(OC(=O)Cc2ccccc2OC)c(OC(=O)Cc2ccccc2OC)cc2ccc(C(C)C)cc12. The molecule has 0 aliphatic rings. The lowest BCUT2D eigenvalue weighted by atomic mass is 9.98. The normalized spacial score (nSPS) is 10.9. The lowest BCUT2D eigenvalue weighted by Gasteiger charge is -2.19. The first kappa shape index (κ1) is 35.0. The summed E-state index contributed by atoms with van der Waals surface area (Å²) in [5, 5.41) is 1.23. The Labute approximate surface area is 276 Å². The molecule has 0 fully saturated rings. The number of carbonyl (C=O) groups excluding carboxylic acids is 3.